The molecule has 0 bridgehead atoms. The molecule has 1 aromatic rings. The Morgan fingerprint density at radius 2 is 1.95 bits per heavy atom. The molecule has 7 heteroatoms. The number of morpholine rings is 1. The standard InChI is InChI=1S/C13H16N2O5/c1-10(13(16)14-6-8-19-9-7-14)20-12-4-2-11(3-5-12)15(17)18/h2-5,10H,6-9H2,1H3. The van der Waals surface area contributed by atoms with Crippen molar-refractivity contribution in [1.29, 1.82) is 0 Å². The molecule has 108 valence electrons. The Hall–Kier alpha value is -2.15. The number of nitrogens with zero attached hydrogens (tertiary/aromatic N) is 2. The van der Waals surface area contributed by atoms with E-state index in [0.29, 0.717) is 32.1 Å². The van der Waals surface area contributed by atoms with E-state index >= 15 is 0 Å². The van der Waals surface area contributed by atoms with Crippen LogP contribution < -0.4 is 4.74 Å². The number of hydrogen-bond donors (Lipinski definition) is 0. The summed E-state index contributed by atoms with van der Waals surface area (Å²) in [5, 5.41) is 10.5. The Bertz CT molecular complexity index is 482. The van der Waals surface area contributed by atoms with Crippen LogP contribution in [0.4, 0.5) is 5.69 Å². The summed E-state index contributed by atoms with van der Waals surface area (Å²) in [6.45, 7) is 3.87. The maximum atomic E-state index is 12.1. The highest BCUT2D eigenvalue weighted by molar-refractivity contribution is 5.81. The smallest absolute Gasteiger partial charge is 0.269 e. The van der Waals surface area contributed by atoms with E-state index in [1.807, 2.05) is 0 Å². The Morgan fingerprint density at radius 3 is 2.50 bits per heavy atom. The second-order valence-electron chi connectivity index (χ2n) is 4.45. The van der Waals surface area contributed by atoms with E-state index in [2.05, 4.69) is 0 Å². The van der Waals surface area contributed by atoms with Crippen LogP contribution in [0.3, 0.4) is 0 Å². The van der Waals surface area contributed by atoms with Gasteiger partial charge in [-0.3, -0.25) is 14.9 Å². The molecule has 1 unspecified atom stereocenters. The molecule has 7 nitrogen and oxygen atoms in total. The van der Waals surface area contributed by atoms with Gasteiger partial charge in [-0.05, 0) is 19.1 Å². The van der Waals surface area contributed by atoms with Gasteiger partial charge in [0.2, 0.25) is 0 Å². The molecule has 2 rings (SSSR count). The van der Waals surface area contributed by atoms with Gasteiger partial charge in [0.15, 0.2) is 6.10 Å². The molecule has 1 atom stereocenters. The Morgan fingerprint density at radius 1 is 1.35 bits per heavy atom. The van der Waals surface area contributed by atoms with Crippen LogP contribution in [0.1, 0.15) is 6.92 Å². The highest BCUT2D eigenvalue weighted by Crippen LogP contribution is 2.19. The molecule has 0 aromatic heterocycles. The molecule has 1 aromatic carbocycles. The van der Waals surface area contributed by atoms with Crippen molar-refractivity contribution in [2.45, 2.75) is 13.0 Å². The highest BCUT2D eigenvalue weighted by Gasteiger charge is 2.23. The number of nitro benzene ring substituents is 1. The number of non-ortho nitro benzene ring substituents is 1. The fourth-order valence-electron chi connectivity index (χ4n) is 1.94. The zero-order valence-electron chi connectivity index (χ0n) is 11.2. The lowest BCUT2D eigenvalue weighted by Gasteiger charge is -2.29. The molecular formula is C13H16N2O5. The van der Waals surface area contributed by atoms with Crippen LogP contribution in [0.15, 0.2) is 24.3 Å². The summed E-state index contributed by atoms with van der Waals surface area (Å²) in [5.74, 6) is 0.330. The summed E-state index contributed by atoms with van der Waals surface area (Å²) in [6.07, 6.45) is -0.630. The van der Waals surface area contributed by atoms with Crippen molar-refractivity contribution < 1.29 is 19.2 Å². The zero-order valence-corrected chi connectivity index (χ0v) is 11.2. The molecule has 1 heterocycles. The van der Waals surface area contributed by atoms with Crippen LogP contribution in [-0.2, 0) is 9.53 Å². The monoisotopic (exact) mass is 280 g/mol. The first-order valence-electron chi connectivity index (χ1n) is 6.35. The molecule has 0 N–H and O–H groups in total. The number of carbonyl (C=O) groups is 1. The number of amides is 1. The topological polar surface area (TPSA) is 81.9 Å². The number of hydrogen-bond acceptors (Lipinski definition) is 5. The van der Waals surface area contributed by atoms with Crippen molar-refractivity contribution in [3.8, 4) is 5.75 Å². The molecule has 0 radical (unpaired) electrons. The van der Waals surface area contributed by atoms with Crippen LogP contribution in [0.25, 0.3) is 0 Å². The first-order chi connectivity index (χ1) is 9.58. The predicted octanol–water partition coefficient (Wildman–Crippen LogP) is 1.22. The van der Waals surface area contributed by atoms with Crippen LogP contribution >= 0.6 is 0 Å². The second-order valence-corrected chi connectivity index (χ2v) is 4.45. The summed E-state index contributed by atoms with van der Waals surface area (Å²) < 4.78 is 10.7. The first-order valence-corrected chi connectivity index (χ1v) is 6.35. The molecule has 1 saturated heterocycles. The summed E-state index contributed by atoms with van der Waals surface area (Å²) >= 11 is 0. The largest absolute Gasteiger partial charge is 0.481 e. The molecule has 1 fully saturated rings. The maximum absolute atomic E-state index is 12.1. The van der Waals surface area contributed by atoms with Crippen molar-refractivity contribution in [2.24, 2.45) is 0 Å². The molecule has 1 aliphatic rings. The van der Waals surface area contributed by atoms with Crippen LogP contribution in [0.5, 0.6) is 5.75 Å². The summed E-state index contributed by atoms with van der Waals surface area (Å²) in [5.41, 5.74) is -0.00971. The highest BCUT2D eigenvalue weighted by atomic mass is 16.6. The van der Waals surface area contributed by atoms with Crippen LogP contribution in [0.2, 0.25) is 0 Å². The summed E-state index contributed by atoms with van der Waals surface area (Å²) in [4.78, 5) is 23.9. The van der Waals surface area contributed by atoms with Gasteiger partial charge < -0.3 is 14.4 Å². The van der Waals surface area contributed by atoms with Crippen molar-refractivity contribution in [3.63, 3.8) is 0 Å². The molecule has 20 heavy (non-hydrogen) atoms. The normalized spacial score (nSPS) is 16.6. The minimum absolute atomic E-state index is 0.00971. The van der Waals surface area contributed by atoms with Gasteiger partial charge in [-0.15, -0.1) is 0 Å². The third-order valence-corrected chi connectivity index (χ3v) is 3.03. The molecule has 0 saturated carbocycles. The molecule has 1 aliphatic heterocycles. The van der Waals surface area contributed by atoms with Crippen molar-refractivity contribution in [2.75, 3.05) is 26.3 Å². The number of ether oxygens (including phenoxy) is 2. The fraction of sp³-hybridized carbons (Fsp3) is 0.462. The number of benzene rings is 1. The number of rotatable bonds is 4. The van der Waals surface area contributed by atoms with E-state index in [-0.39, 0.29) is 11.6 Å². The first kappa shape index (κ1) is 14.3. The van der Waals surface area contributed by atoms with Gasteiger partial charge in [0.05, 0.1) is 18.1 Å². The zero-order chi connectivity index (χ0) is 14.5. The van der Waals surface area contributed by atoms with E-state index in [9.17, 15) is 14.9 Å². The Labute approximate surface area is 116 Å². The van der Waals surface area contributed by atoms with E-state index in [0.717, 1.165) is 0 Å². The lowest BCUT2D eigenvalue weighted by Crippen LogP contribution is -2.46. The van der Waals surface area contributed by atoms with Crippen LogP contribution in [0, 0.1) is 10.1 Å². The average Bonchev–Trinajstić information content (AvgIpc) is 2.48. The molecule has 0 aliphatic carbocycles. The summed E-state index contributed by atoms with van der Waals surface area (Å²) in [6, 6.07) is 5.67. The van der Waals surface area contributed by atoms with Crippen molar-refractivity contribution >= 4 is 11.6 Å². The molecule has 0 spiro atoms. The van der Waals surface area contributed by atoms with Crippen molar-refractivity contribution in [3.05, 3.63) is 34.4 Å². The van der Waals surface area contributed by atoms with Gasteiger partial charge in [-0.25, -0.2) is 0 Å². The third-order valence-electron chi connectivity index (χ3n) is 3.03. The minimum atomic E-state index is -0.630. The number of nitro groups is 1. The molecular weight excluding hydrogens is 264 g/mol. The van der Waals surface area contributed by atoms with E-state index in [1.165, 1.54) is 24.3 Å². The SMILES string of the molecule is CC(Oc1ccc([N+](=O)[O-])cc1)C(=O)N1CCOCC1. The number of carbonyl (C=O) groups excluding carboxylic acids is 1. The average molecular weight is 280 g/mol. The van der Waals surface area contributed by atoms with Gasteiger partial charge in [-0.2, -0.15) is 0 Å². The van der Waals surface area contributed by atoms with Gasteiger partial charge in [0, 0.05) is 25.2 Å². The third kappa shape index (κ3) is 3.45. The van der Waals surface area contributed by atoms with Crippen molar-refractivity contribution in [1.82, 2.24) is 4.90 Å². The van der Waals surface area contributed by atoms with Gasteiger partial charge in [0.25, 0.3) is 11.6 Å². The van der Waals surface area contributed by atoms with E-state index in [1.54, 1.807) is 11.8 Å². The van der Waals surface area contributed by atoms with Gasteiger partial charge in [-0.1, -0.05) is 0 Å². The maximum Gasteiger partial charge on any atom is 0.269 e. The van der Waals surface area contributed by atoms with Gasteiger partial charge in [0.1, 0.15) is 5.75 Å². The van der Waals surface area contributed by atoms with E-state index in [4.69, 9.17) is 9.47 Å². The minimum Gasteiger partial charge on any atom is -0.481 e. The predicted molar refractivity (Wildman–Crippen MR) is 70.6 cm³/mol. The Balaban J connectivity index is 1.94. The lowest BCUT2D eigenvalue weighted by molar-refractivity contribution is -0.384. The quantitative estimate of drug-likeness (QED) is 0.612. The Kier molecular flexibility index (Phi) is 4.52. The van der Waals surface area contributed by atoms with E-state index < -0.39 is 11.0 Å². The van der Waals surface area contributed by atoms with Crippen LogP contribution in [-0.4, -0.2) is 48.1 Å². The second kappa shape index (κ2) is 6.33. The fourth-order valence-corrected chi connectivity index (χ4v) is 1.94. The lowest BCUT2D eigenvalue weighted by atomic mass is 10.3. The van der Waals surface area contributed by atoms with Gasteiger partial charge >= 0.3 is 0 Å². The molecule has 1 amide bonds. The summed E-state index contributed by atoms with van der Waals surface area (Å²) in [7, 11) is 0.